The van der Waals surface area contributed by atoms with Gasteiger partial charge in [-0.3, -0.25) is 4.79 Å². The number of rotatable bonds is 5. The lowest BCUT2D eigenvalue weighted by atomic mass is 10.1. The van der Waals surface area contributed by atoms with Gasteiger partial charge in [0.25, 0.3) is 5.56 Å². The van der Waals surface area contributed by atoms with Gasteiger partial charge in [-0.15, -0.1) is 0 Å². The molecule has 35 heavy (non-hydrogen) atoms. The van der Waals surface area contributed by atoms with Crippen LogP contribution in [0.3, 0.4) is 0 Å². The Morgan fingerprint density at radius 3 is 2.40 bits per heavy atom. The van der Waals surface area contributed by atoms with Gasteiger partial charge in [-0.05, 0) is 29.8 Å². The van der Waals surface area contributed by atoms with Crippen molar-refractivity contribution in [1.82, 2.24) is 14.5 Å². The molecular weight excluding hydrogens is 478 g/mol. The van der Waals surface area contributed by atoms with E-state index in [-0.39, 0.29) is 28.6 Å². The van der Waals surface area contributed by atoms with E-state index < -0.39 is 52.7 Å². The maximum Gasteiger partial charge on any atom is 0.421 e. The molecule has 0 bridgehead atoms. The number of pyridine rings is 1. The monoisotopic (exact) mass is 490 g/mol. The van der Waals surface area contributed by atoms with Crippen LogP contribution < -0.4 is 10.3 Å². The molecule has 0 N–H and O–H groups in total. The summed E-state index contributed by atoms with van der Waals surface area (Å²) in [6, 6.07) is 7.14. The van der Waals surface area contributed by atoms with Crippen molar-refractivity contribution >= 4 is 10.9 Å². The van der Waals surface area contributed by atoms with E-state index in [0.717, 1.165) is 24.7 Å². The topological polar surface area (TPSA) is 80.8 Å². The largest absolute Gasteiger partial charge is 0.438 e. The first kappa shape index (κ1) is 23.7. The minimum Gasteiger partial charge on any atom is -0.438 e. The lowest BCUT2D eigenvalue weighted by molar-refractivity contribution is -0.138. The summed E-state index contributed by atoms with van der Waals surface area (Å²) in [5, 5.41) is 8.61. The predicted octanol–water partition coefficient (Wildman–Crippen LogP) is 5.13. The molecule has 0 saturated carbocycles. The molecule has 0 aliphatic rings. The lowest BCUT2D eigenvalue weighted by Gasteiger charge is -2.15. The minimum atomic E-state index is -4.83. The highest BCUT2D eigenvalue weighted by molar-refractivity contribution is 5.79. The fraction of sp³-hybridized carbons (Fsp3) is 0.130. The molecule has 4 rings (SSSR count). The molecule has 2 aromatic carbocycles. The fourth-order valence-corrected chi connectivity index (χ4v) is 3.35. The molecule has 2 heterocycles. The highest BCUT2D eigenvalue weighted by Gasteiger charge is 2.36. The molecule has 0 aliphatic heterocycles. The van der Waals surface area contributed by atoms with Crippen LogP contribution in [0.1, 0.15) is 16.7 Å². The number of benzene rings is 2. The summed E-state index contributed by atoms with van der Waals surface area (Å²) < 4.78 is 88.3. The highest BCUT2D eigenvalue weighted by atomic mass is 19.4. The number of nitriles is 1. The van der Waals surface area contributed by atoms with Crippen LogP contribution >= 0.6 is 0 Å². The first-order chi connectivity index (χ1) is 16.6. The third-order valence-electron chi connectivity index (χ3n) is 4.97. The zero-order valence-electron chi connectivity index (χ0n) is 17.4. The van der Waals surface area contributed by atoms with Crippen LogP contribution in [0.2, 0.25) is 0 Å². The van der Waals surface area contributed by atoms with Gasteiger partial charge in [0.2, 0.25) is 5.88 Å². The summed E-state index contributed by atoms with van der Waals surface area (Å²) in [6.45, 7) is -0.442. The number of hydrogen-bond donors (Lipinski definition) is 0. The van der Waals surface area contributed by atoms with Gasteiger partial charge < -0.3 is 9.30 Å². The van der Waals surface area contributed by atoms with E-state index in [1.54, 1.807) is 6.07 Å². The smallest absolute Gasteiger partial charge is 0.421 e. The third-order valence-corrected chi connectivity index (χ3v) is 4.97. The Bertz CT molecular complexity index is 1520. The van der Waals surface area contributed by atoms with Crippen molar-refractivity contribution in [2.45, 2.75) is 19.1 Å². The summed E-state index contributed by atoms with van der Waals surface area (Å²) in [4.78, 5) is 19.6. The van der Waals surface area contributed by atoms with E-state index in [2.05, 4.69) is 9.97 Å². The van der Waals surface area contributed by atoms with Gasteiger partial charge in [-0.2, -0.15) is 23.4 Å². The molecule has 2 aromatic heterocycles. The Morgan fingerprint density at radius 1 is 1.03 bits per heavy atom. The number of aromatic nitrogens is 3. The molecule has 0 atom stereocenters. The quantitative estimate of drug-likeness (QED) is 0.362. The first-order valence-corrected chi connectivity index (χ1v) is 9.80. The van der Waals surface area contributed by atoms with Crippen LogP contribution in [-0.2, 0) is 19.1 Å². The van der Waals surface area contributed by atoms with Crippen molar-refractivity contribution in [3.05, 3.63) is 93.4 Å². The molecule has 0 radical (unpaired) electrons. The van der Waals surface area contributed by atoms with E-state index >= 15 is 0 Å². The number of alkyl halides is 3. The van der Waals surface area contributed by atoms with Crippen LogP contribution in [0.25, 0.3) is 10.9 Å². The van der Waals surface area contributed by atoms with E-state index in [0.29, 0.717) is 12.1 Å². The zero-order chi connectivity index (χ0) is 25.3. The molecule has 0 saturated heterocycles. The predicted molar refractivity (Wildman–Crippen MR) is 110 cm³/mol. The average molecular weight is 490 g/mol. The Kier molecular flexibility index (Phi) is 6.17. The van der Waals surface area contributed by atoms with Crippen LogP contribution in [0, 0.1) is 28.8 Å². The standard InChI is InChI=1S/C23H12F6N4O2/c24-13-6-18(25)16(19(26)7-13)10-33-11-32-21(34)15-8-14(1-2-20(15)33)35-22-17(23(27,28)29)5-12(3-4-30)9-31-22/h1-2,5-9,11H,3,10H2. The molecular formula is C23H12F6N4O2. The second kappa shape index (κ2) is 9.09. The number of nitrogens with zero attached hydrogens (tertiary/aromatic N) is 4. The van der Waals surface area contributed by atoms with Crippen molar-refractivity contribution in [2.75, 3.05) is 0 Å². The SMILES string of the molecule is N#CCc1cnc(Oc2ccc3c(c2)c(=O)ncn3Cc2c(F)cc(F)cc2F)c(C(F)(F)F)c1. The fourth-order valence-electron chi connectivity index (χ4n) is 3.35. The number of halogens is 6. The Labute approximate surface area is 192 Å². The molecule has 0 unspecified atom stereocenters. The Hall–Kier alpha value is -4.40. The number of fused-ring (bicyclic) bond motifs is 1. The number of ether oxygens (including phenoxy) is 1. The van der Waals surface area contributed by atoms with Gasteiger partial charge in [-0.1, -0.05) is 0 Å². The van der Waals surface area contributed by atoms with Gasteiger partial charge in [0, 0.05) is 23.9 Å². The van der Waals surface area contributed by atoms with E-state index in [4.69, 9.17) is 10.00 Å². The summed E-state index contributed by atoms with van der Waals surface area (Å²) in [5.74, 6) is -4.35. The maximum atomic E-state index is 14.1. The lowest BCUT2D eigenvalue weighted by Crippen LogP contribution is -2.14. The average Bonchev–Trinajstić information content (AvgIpc) is 2.78. The summed E-state index contributed by atoms with van der Waals surface area (Å²) >= 11 is 0. The van der Waals surface area contributed by atoms with Gasteiger partial charge >= 0.3 is 6.18 Å². The van der Waals surface area contributed by atoms with E-state index in [9.17, 15) is 31.1 Å². The molecule has 178 valence electrons. The van der Waals surface area contributed by atoms with Crippen molar-refractivity contribution in [3.63, 3.8) is 0 Å². The minimum absolute atomic E-state index is 0.0398. The summed E-state index contributed by atoms with van der Waals surface area (Å²) in [6.07, 6.45) is -3.02. The summed E-state index contributed by atoms with van der Waals surface area (Å²) in [7, 11) is 0. The first-order valence-electron chi connectivity index (χ1n) is 9.80. The van der Waals surface area contributed by atoms with Gasteiger partial charge in [-0.25, -0.2) is 18.2 Å². The van der Waals surface area contributed by atoms with Gasteiger partial charge in [0.05, 0.1) is 36.3 Å². The van der Waals surface area contributed by atoms with Crippen LogP contribution in [-0.4, -0.2) is 14.5 Å². The third kappa shape index (κ3) is 4.93. The van der Waals surface area contributed by atoms with E-state index in [1.165, 1.54) is 16.7 Å². The Balaban J connectivity index is 1.74. The second-order valence-corrected chi connectivity index (χ2v) is 7.34. The molecule has 0 aliphatic carbocycles. The van der Waals surface area contributed by atoms with Crippen LogP contribution in [0.4, 0.5) is 26.3 Å². The second-order valence-electron chi connectivity index (χ2n) is 7.34. The highest BCUT2D eigenvalue weighted by Crippen LogP contribution is 2.37. The van der Waals surface area contributed by atoms with Crippen molar-refractivity contribution in [1.29, 1.82) is 5.26 Å². The van der Waals surface area contributed by atoms with E-state index in [1.807, 2.05) is 0 Å². The summed E-state index contributed by atoms with van der Waals surface area (Å²) in [5.41, 5.74) is -2.27. The van der Waals surface area contributed by atoms with Crippen LogP contribution in [0.15, 0.2) is 53.7 Å². The molecule has 0 amide bonds. The number of hydrogen-bond acceptors (Lipinski definition) is 5. The molecule has 0 spiro atoms. The van der Waals surface area contributed by atoms with Gasteiger partial charge in [0.15, 0.2) is 0 Å². The normalized spacial score (nSPS) is 11.5. The van der Waals surface area contributed by atoms with Crippen molar-refractivity contribution in [2.24, 2.45) is 0 Å². The molecule has 0 fully saturated rings. The van der Waals surface area contributed by atoms with Crippen molar-refractivity contribution < 1.29 is 31.1 Å². The molecule has 12 heteroatoms. The van der Waals surface area contributed by atoms with Gasteiger partial charge in [0.1, 0.15) is 28.8 Å². The zero-order valence-corrected chi connectivity index (χ0v) is 17.4. The Morgan fingerprint density at radius 2 is 1.74 bits per heavy atom. The molecule has 6 nitrogen and oxygen atoms in total. The van der Waals surface area contributed by atoms with Crippen LogP contribution in [0.5, 0.6) is 11.6 Å². The van der Waals surface area contributed by atoms with Crippen molar-refractivity contribution in [3.8, 4) is 17.7 Å². The molecule has 4 aromatic rings. The maximum absolute atomic E-state index is 14.1.